The number of ether oxygens (including phenoxy) is 1. The maximum Gasteiger partial charge on any atom is 0.339 e. The van der Waals surface area contributed by atoms with Crippen molar-refractivity contribution in [3.63, 3.8) is 0 Å². The zero-order valence-corrected chi connectivity index (χ0v) is 15.6. The van der Waals surface area contributed by atoms with Crippen molar-refractivity contribution in [2.75, 3.05) is 13.7 Å². The molecule has 0 aliphatic heterocycles. The number of rotatable bonds is 5. The summed E-state index contributed by atoms with van der Waals surface area (Å²) in [5.41, 5.74) is 6.61. The van der Waals surface area contributed by atoms with Crippen LogP contribution in [0.5, 0.6) is 0 Å². The Bertz CT molecular complexity index is 679. The molecule has 1 aromatic carbocycles. The van der Waals surface area contributed by atoms with E-state index < -0.39 is 16.0 Å². The van der Waals surface area contributed by atoms with E-state index in [4.69, 9.17) is 10.5 Å². The molecule has 0 heterocycles. The maximum absolute atomic E-state index is 12.8. The maximum atomic E-state index is 12.8. The van der Waals surface area contributed by atoms with Gasteiger partial charge in [0.1, 0.15) is 0 Å². The van der Waals surface area contributed by atoms with E-state index in [0.717, 1.165) is 31.2 Å². The van der Waals surface area contributed by atoms with E-state index in [-0.39, 0.29) is 34.8 Å². The Morgan fingerprint density at radius 1 is 1.33 bits per heavy atom. The zero-order chi connectivity index (χ0) is 17.0. The number of benzene rings is 1. The first-order chi connectivity index (χ1) is 10.9. The van der Waals surface area contributed by atoms with Crippen molar-refractivity contribution in [3.05, 3.63) is 29.3 Å². The van der Waals surface area contributed by atoms with Crippen LogP contribution >= 0.6 is 12.4 Å². The molecule has 0 saturated heterocycles. The monoisotopic (exact) mass is 376 g/mol. The minimum absolute atomic E-state index is 0. The van der Waals surface area contributed by atoms with Gasteiger partial charge in [0, 0.05) is 6.04 Å². The highest BCUT2D eigenvalue weighted by Gasteiger charge is 2.31. The average Bonchev–Trinajstić information content (AvgIpc) is 2.53. The SMILES string of the molecule is COC(=O)c1cc(C)ccc1S(=O)(=O)NC1CCCCC1CN.Cl. The number of esters is 1. The minimum Gasteiger partial charge on any atom is -0.465 e. The first-order valence-electron chi connectivity index (χ1n) is 7.80. The molecule has 136 valence electrons. The Morgan fingerprint density at radius 2 is 2.00 bits per heavy atom. The van der Waals surface area contributed by atoms with Crippen LogP contribution in [0.3, 0.4) is 0 Å². The van der Waals surface area contributed by atoms with Crippen molar-refractivity contribution in [2.45, 2.75) is 43.5 Å². The van der Waals surface area contributed by atoms with Crippen LogP contribution < -0.4 is 10.5 Å². The molecule has 1 aliphatic carbocycles. The highest BCUT2D eigenvalue weighted by molar-refractivity contribution is 7.89. The number of carbonyl (C=O) groups is 1. The lowest BCUT2D eigenvalue weighted by Gasteiger charge is -2.31. The lowest BCUT2D eigenvalue weighted by atomic mass is 9.85. The van der Waals surface area contributed by atoms with Gasteiger partial charge in [-0.3, -0.25) is 0 Å². The molecule has 2 atom stereocenters. The summed E-state index contributed by atoms with van der Waals surface area (Å²) in [7, 11) is -2.58. The number of aryl methyl sites for hydroxylation is 1. The third-order valence-corrected chi connectivity index (χ3v) is 5.90. The van der Waals surface area contributed by atoms with E-state index in [0.29, 0.717) is 6.54 Å². The van der Waals surface area contributed by atoms with Gasteiger partial charge in [-0.15, -0.1) is 12.4 Å². The fourth-order valence-electron chi connectivity index (χ4n) is 3.06. The van der Waals surface area contributed by atoms with Crippen molar-refractivity contribution >= 4 is 28.4 Å². The summed E-state index contributed by atoms with van der Waals surface area (Å²) in [6, 6.07) is 4.46. The Hall–Kier alpha value is -1.15. The van der Waals surface area contributed by atoms with Gasteiger partial charge in [0.25, 0.3) is 0 Å². The molecule has 8 heteroatoms. The number of nitrogens with two attached hydrogens (primary N) is 1. The topological polar surface area (TPSA) is 98.5 Å². The second kappa shape index (κ2) is 8.80. The van der Waals surface area contributed by atoms with Gasteiger partial charge in [-0.1, -0.05) is 24.5 Å². The Morgan fingerprint density at radius 3 is 2.62 bits per heavy atom. The van der Waals surface area contributed by atoms with Gasteiger partial charge in [0.05, 0.1) is 17.6 Å². The van der Waals surface area contributed by atoms with Gasteiger partial charge >= 0.3 is 5.97 Å². The van der Waals surface area contributed by atoms with Crippen LogP contribution in [0.4, 0.5) is 0 Å². The summed E-state index contributed by atoms with van der Waals surface area (Å²) >= 11 is 0. The summed E-state index contributed by atoms with van der Waals surface area (Å²) < 4.78 is 33.0. The van der Waals surface area contributed by atoms with E-state index in [1.807, 2.05) is 0 Å². The third-order valence-electron chi connectivity index (χ3n) is 4.35. The summed E-state index contributed by atoms with van der Waals surface area (Å²) in [4.78, 5) is 11.9. The number of halogens is 1. The fourth-order valence-corrected chi connectivity index (χ4v) is 4.57. The molecular weight excluding hydrogens is 352 g/mol. The van der Waals surface area contributed by atoms with E-state index in [2.05, 4.69) is 4.72 Å². The Kier molecular flexibility index (Phi) is 7.66. The van der Waals surface area contributed by atoms with E-state index in [1.54, 1.807) is 13.0 Å². The van der Waals surface area contributed by atoms with E-state index in [1.165, 1.54) is 19.2 Å². The van der Waals surface area contributed by atoms with Crippen molar-refractivity contribution in [1.29, 1.82) is 0 Å². The molecule has 1 fully saturated rings. The molecule has 0 aromatic heterocycles. The van der Waals surface area contributed by atoms with Crippen LogP contribution in [-0.4, -0.2) is 34.1 Å². The molecule has 24 heavy (non-hydrogen) atoms. The van der Waals surface area contributed by atoms with Crippen molar-refractivity contribution in [2.24, 2.45) is 11.7 Å². The van der Waals surface area contributed by atoms with Gasteiger partial charge in [0.15, 0.2) is 0 Å². The van der Waals surface area contributed by atoms with Gasteiger partial charge in [-0.05, 0) is 44.4 Å². The molecular formula is C16H25ClN2O4S. The quantitative estimate of drug-likeness (QED) is 0.766. The van der Waals surface area contributed by atoms with Gasteiger partial charge in [-0.25, -0.2) is 17.9 Å². The van der Waals surface area contributed by atoms with Gasteiger partial charge in [-0.2, -0.15) is 0 Å². The Balaban J connectivity index is 0.00000288. The van der Waals surface area contributed by atoms with Crippen LogP contribution in [0.2, 0.25) is 0 Å². The number of hydrogen-bond acceptors (Lipinski definition) is 5. The summed E-state index contributed by atoms with van der Waals surface area (Å²) in [6.07, 6.45) is 3.72. The number of nitrogens with one attached hydrogen (secondary N) is 1. The normalized spacial score (nSPS) is 21.0. The largest absolute Gasteiger partial charge is 0.465 e. The smallest absolute Gasteiger partial charge is 0.339 e. The molecule has 1 saturated carbocycles. The molecule has 2 unspecified atom stereocenters. The molecule has 0 spiro atoms. The summed E-state index contributed by atoms with van der Waals surface area (Å²) in [5, 5.41) is 0. The van der Waals surface area contributed by atoms with Gasteiger partial charge in [0.2, 0.25) is 10.0 Å². The van der Waals surface area contributed by atoms with Crippen LogP contribution in [0, 0.1) is 12.8 Å². The predicted molar refractivity (Wildman–Crippen MR) is 94.9 cm³/mol. The molecule has 1 aliphatic rings. The second-order valence-corrected chi connectivity index (χ2v) is 7.68. The molecule has 3 N–H and O–H groups in total. The predicted octanol–water partition coefficient (Wildman–Crippen LogP) is 2.00. The highest BCUT2D eigenvalue weighted by Crippen LogP contribution is 2.26. The van der Waals surface area contributed by atoms with Crippen molar-refractivity contribution in [1.82, 2.24) is 4.72 Å². The number of hydrogen-bond donors (Lipinski definition) is 2. The molecule has 2 rings (SSSR count). The van der Waals surface area contributed by atoms with E-state index >= 15 is 0 Å². The molecule has 0 bridgehead atoms. The number of carbonyl (C=O) groups excluding carboxylic acids is 1. The first kappa shape index (κ1) is 20.9. The highest BCUT2D eigenvalue weighted by atomic mass is 35.5. The first-order valence-corrected chi connectivity index (χ1v) is 9.28. The molecule has 1 aromatic rings. The van der Waals surface area contributed by atoms with Crippen molar-refractivity contribution in [3.8, 4) is 0 Å². The number of methoxy groups -OCH3 is 1. The summed E-state index contributed by atoms with van der Waals surface area (Å²) in [6.45, 7) is 2.24. The fraction of sp³-hybridized carbons (Fsp3) is 0.562. The minimum atomic E-state index is -3.81. The lowest BCUT2D eigenvalue weighted by molar-refractivity contribution is 0.0596. The standard InChI is InChI=1S/C16H24N2O4S.ClH/c1-11-7-8-15(13(9-11)16(19)22-2)23(20,21)18-14-6-4-3-5-12(14)10-17;/h7-9,12,14,18H,3-6,10,17H2,1-2H3;1H. The molecule has 0 radical (unpaired) electrons. The van der Waals surface area contributed by atoms with E-state index in [9.17, 15) is 13.2 Å². The Labute approximate surface area is 149 Å². The van der Waals surface area contributed by atoms with Gasteiger partial charge < -0.3 is 10.5 Å². The zero-order valence-electron chi connectivity index (χ0n) is 13.9. The van der Waals surface area contributed by atoms with Crippen LogP contribution in [0.1, 0.15) is 41.6 Å². The van der Waals surface area contributed by atoms with Crippen LogP contribution in [-0.2, 0) is 14.8 Å². The summed E-state index contributed by atoms with van der Waals surface area (Å²) in [5.74, 6) is -0.529. The van der Waals surface area contributed by atoms with Crippen molar-refractivity contribution < 1.29 is 17.9 Å². The van der Waals surface area contributed by atoms with Crippen LogP contribution in [0.15, 0.2) is 23.1 Å². The third kappa shape index (κ3) is 4.69. The molecule has 0 amide bonds. The van der Waals surface area contributed by atoms with Crippen LogP contribution in [0.25, 0.3) is 0 Å². The second-order valence-electron chi connectivity index (χ2n) is 6.00. The average molecular weight is 377 g/mol. The number of sulfonamides is 1. The lowest BCUT2D eigenvalue weighted by Crippen LogP contribution is -2.44. The molecule has 6 nitrogen and oxygen atoms in total.